The highest BCUT2D eigenvalue weighted by Gasteiger charge is 2.22. The average molecular weight is 324 g/mol. The first kappa shape index (κ1) is 13.4. The molecule has 0 atom stereocenters. The maximum absolute atomic E-state index is 6.28. The van der Waals surface area contributed by atoms with Gasteiger partial charge in [0.15, 0.2) is 0 Å². The fourth-order valence-corrected chi connectivity index (χ4v) is 3.22. The summed E-state index contributed by atoms with van der Waals surface area (Å²) in [6, 6.07) is 7.10. The smallest absolute Gasteiger partial charge is 0.138 e. The van der Waals surface area contributed by atoms with Crippen LogP contribution in [-0.2, 0) is 6.54 Å². The Hall–Kier alpha value is -0.540. The molecule has 0 bridgehead atoms. The van der Waals surface area contributed by atoms with Crippen LogP contribution in [-0.4, -0.2) is 12.1 Å². The van der Waals surface area contributed by atoms with Crippen molar-refractivity contribution < 1.29 is 4.74 Å². The number of para-hydroxylation sites is 1. The minimum Gasteiger partial charge on any atom is -0.489 e. The van der Waals surface area contributed by atoms with Crippen LogP contribution in [0.3, 0.4) is 0 Å². The molecule has 3 heteroatoms. The molecule has 19 heavy (non-hydrogen) atoms. The first-order valence-electron chi connectivity index (χ1n) is 7.50. The van der Waals surface area contributed by atoms with Crippen molar-refractivity contribution in [3.05, 3.63) is 28.2 Å². The van der Waals surface area contributed by atoms with Gasteiger partial charge in [-0.15, -0.1) is 0 Å². The van der Waals surface area contributed by atoms with Crippen molar-refractivity contribution in [1.82, 2.24) is 5.32 Å². The number of rotatable bonds is 5. The molecule has 0 aromatic heterocycles. The Kier molecular flexibility index (Phi) is 4.44. The van der Waals surface area contributed by atoms with Gasteiger partial charge in [0.05, 0.1) is 10.6 Å². The summed E-state index contributed by atoms with van der Waals surface area (Å²) in [5, 5.41) is 3.58. The van der Waals surface area contributed by atoms with E-state index in [1.807, 2.05) is 0 Å². The lowest BCUT2D eigenvalue weighted by molar-refractivity contribution is 0.152. The van der Waals surface area contributed by atoms with Gasteiger partial charge in [-0.3, -0.25) is 0 Å². The highest BCUT2D eigenvalue weighted by Crippen LogP contribution is 2.33. The van der Waals surface area contributed by atoms with E-state index in [9.17, 15) is 0 Å². The Balaban J connectivity index is 1.69. The van der Waals surface area contributed by atoms with Crippen LogP contribution >= 0.6 is 15.9 Å². The molecule has 0 spiro atoms. The molecule has 0 saturated heterocycles. The molecule has 2 nitrogen and oxygen atoms in total. The fraction of sp³-hybridized carbons (Fsp3) is 0.625. The number of hydrogen-bond donors (Lipinski definition) is 1. The monoisotopic (exact) mass is 323 g/mol. The molecule has 1 aromatic rings. The van der Waals surface area contributed by atoms with Gasteiger partial charge in [0.25, 0.3) is 0 Å². The van der Waals surface area contributed by atoms with Crippen LogP contribution < -0.4 is 10.1 Å². The molecule has 2 saturated carbocycles. The van der Waals surface area contributed by atoms with E-state index in [2.05, 4.69) is 39.4 Å². The van der Waals surface area contributed by atoms with Gasteiger partial charge in [-0.25, -0.2) is 0 Å². The first-order valence-corrected chi connectivity index (χ1v) is 8.29. The molecule has 0 radical (unpaired) electrons. The van der Waals surface area contributed by atoms with Gasteiger partial charge >= 0.3 is 0 Å². The van der Waals surface area contributed by atoms with Crippen molar-refractivity contribution in [1.29, 1.82) is 0 Å². The maximum Gasteiger partial charge on any atom is 0.138 e. The third-order valence-electron chi connectivity index (χ3n) is 4.04. The number of halogens is 1. The number of hydrogen-bond acceptors (Lipinski definition) is 2. The number of benzene rings is 1. The predicted octanol–water partition coefficient (Wildman–Crippen LogP) is 4.41. The van der Waals surface area contributed by atoms with Gasteiger partial charge in [-0.05, 0) is 60.5 Å². The van der Waals surface area contributed by atoms with E-state index in [1.165, 1.54) is 50.5 Å². The van der Waals surface area contributed by atoms with Crippen molar-refractivity contribution in [3.63, 3.8) is 0 Å². The van der Waals surface area contributed by atoms with E-state index < -0.39 is 0 Å². The van der Waals surface area contributed by atoms with Crippen LogP contribution in [0.1, 0.15) is 50.5 Å². The Morgan fingerprint density at radius 1 is 1.11 bits per heavy atom. The fourth-order valence-electron chi connectivity index (χ4n) is 2.72. The summed E-state index contributed by atoms with van der Waals surface area (Å²) in [4.78, 5) is 0. The molecule has 2 aliphatic carbocycles. The van der Waals surface area contributed by atoms with Crippen molar-refractivity contribution in [3.8, 4) is 5.75 Å². The van der Waals surface area contributed by atoms with Gasteiger partial charge in [-0.1, -0.05) is 18.6 Å². The largest absolute Gasteiger partial charge is 0.489 e. The summed E-state index contributed by atoms with van der Waals surface area (Å²) in [6.45, 7) is 0.923. The topological polar surface area (TPSA) is 21.3 Å². The van der Waals surface area contributed by atoms with Crippen LogP contribution in [0.15, 0.2) is 22.7 Å². The molecule has 104 valence electrons. The zero-order chi connectivity index (χ0) is 13.1. The third kappa shape index (κ3) is 3.73. The second-order valence-electron chi connectivity index (χ2n) is 5.76. The zero-order valence-corrected chi connectivity index (χ0v) is 12.9. The minimum atomic E-state index is 0.409. The maximum atomic E-state index is 6.28. The Morgan fingerprint density at radius 2 is 1.89 bits per heavy atom. The molecule has 2 fully saturated rings. The van der Waals surface area contributed by atoms with E-state index >= 15 is 0 Å². The number of nitrogens with one attached hydrogen (secondary N) is 1. The molecule has 0 aliphatic heterocycles. The summed E-state index contributed by atoms with van der Waals surface area (Å²) in [5.74, 6) is 1.06. The normalized spacial score (nSPS) is 20.5. The van der Waals surface area contributed by atoms with Crippen molar-refractivity contribution in [2.24, 2.45) is 0 Å². The standard InChI is InChI=1S/C16H22BrNO/c17-15-8-4-5-12(11-18-13-9-10-13)16(15)19-14-6-2-1-3-7-14/h4-5,8,13-14,18H,1-3,6-7,9-11H2. The molecule has 2 aliphatic rings. The van der Waals surface area contributed by atoms with Gasteiger partial charge in [0.2, 0.25) is 0 Å². The van der Waals surface area contributed by atoms with Crippen LogP contribution in [0, 0.1) is 0 Å². The van der Waals surface area contributed by atoms with E-state index in [-0.39, 0.29) is 0 Å². The summed E-state index contributed by atoms with van der Waals surface area (Å²) in [7, 11) is 0. The lowest BCUT2D eigenvalue weighted by atomic mass is 9.97. The van der Waals surface area contributed by atoms with Gasteiger partial charge in [0, 0.05) is 18.2 Å². The second-order valence-corrected chi connectivity index (χ2v) is 6.62. The van der Waals surface area contributed by atoms with Crippen LogP contribution in [0.5, 0.6) is 5.75 Å². The van der Waals surface area contributed by atoms with Crippen LogP contribution in [0.2, 0.25) is 0 Å². The van der Waals surface area contributed by atoms with Gasteiger partial charge in [-0.2, -0.15) is 0 Å². The summed E-state index contributed by atoms with van der Waals surface area (Å²) >= 11 is 3.64. The molecule has 3 rings (SSSR count). The summed E-state index contributed by atoms with van der Waals surface area (Å²) in [5.41, 5.74) is 1.28. The van der Waals surface area contributed by atoms with E-state index in [1.54, 1.807) is 0 Å². The van der Waals surface area contributed by atoms with Crippen LogP contribution in [0.4, 0.5) is 0 Å². The second kappa shape index (κ2) is 6.27. The third-order valence-corrected chi connectivity index (χ3v) is 4.67. The molecular formula is C16H22BrNO. The van der Waals surface area contributed by atoms with Crippen molar-refractivity contribution in [2.75, 3.05) is 0 Å². The van der Waals surface area contributed by atoms with Gasteiger partial charge < -0.3 is 10.1 Å². The lowest BCUT2D eigenvalue weighted by Crippen LogP contribution is -2.22. The minimum absolute atomic E-state index is 0.409. The van der Waals surface area contributed by atoms with E-state index in [4.69, 9.17) is 4.74 Å². The van der Waals surface area contributed by atoms with Crippen molar-refractivity contribution in [2.45, 2.75) is 63.6 Å². The highest BCUT2D eigenvalue weighted by molar-refractivity contribution is 9.10. The summed E-state index contributed by atoms with van der Waals surface area (Å²) < 4.78 is 7.37. The number of ether oxygens (including phenoxy) is 1. The Morgan fingerprint density at radius 3 is 2.63 bits per heavy atom. The average Bonchev–Trinajstić information content (AvgIpc) is 3.25. The molecule has 1 N–H and O–H groups in total. The van der Waals surface area contributed by atoms with Crippen LogP contribution in [0.25, 0.3) is 0 Å². The Labute approximate surface area is 124 Å². The molecule has 0 amide bonds. The highest BCUT2D eigenvalue weighted by atomic mass is 79.9. The molecular weight excluding hydrogens is 302 g/mol. The lowest BCUT2D eigenvalue weighted by Gasteiger charge is -2.25. The SMILES string of the molecule is Brc1cccc(CNC2CC2)c1OC1CCCCC1. The summed E-state index contributed by atoms with van der Waals surface area (Å²) in [6.07, 6.45) is 9.46. The van der Waals surface area contributed by atoms with E-state index in [0.717, 1.165) is 22.8 Å². The first-order chi connectivity index (χ1) is 9.33. The Bertz CT molecular complexity index is 425. The van der Waals surface area contributed by atoms with E-state index in [0.29, 0.717) is 6.10 Å². The van der Waals surface area contributed by atoms with Gasteiger partial charge in [0.1, 0.15) is 5.75 Å². The molecule has 1 aromatic carbocycles. The molecule has 0 heterocycles. The predicted molar refractivity (Wildman–Crippen MR) is 81.5 cm³/mol. The quantitative estimate of drug-likeness (QED) is 0.866. The van der Waals surface area contributed by atoms with Crippen molar-refractivity contribution >= 4 is 15.9 Å². The zero-order valence-electron chi connectivity index (χ0n) is 11.3. The molecule has 0 unspecified atom stereocenters.